The molecule has 2 unspecified atom stereocenters. The second-order valence-electron chi connectivity index (χ2n) is 27.6. The third-order valence-electron chi connectivity index (χ3n) is 17.2. The highest BCUT2D eigenvalue weighted by Gasteiger charge is 2.22. The lowest BCUT2D eigenvalue weighted by Crippen LogP contribution is -2.44. The van der Waals surface area contributed by atoms with Gasteiger partial charge in [-0.2, -0.15) is 0 Å². The number of likely N-dealkylation sites (N-methyl/N-ethyl adjacent to an activating group) is 1. The standard InChI is InChI=1S/C86H149NO8/c1-6-8-10-12-14-16-18-20-22-24-26-28-30-32-34-36-38-40-41-42-43-45-47-49-51-53-55-57-59-61-63-65-67-69-71-73-75-77-84(89)95-82(81-94-86(85(90)91)92-79-78-87(3,4)5)80-93-83(88)76-74-72-70-68-66-64-62-60-58-56-54-52-50-48-46-44-39-37-35-33-31-29-27-25-23-21-19-17-15-13-11-9-7-2/h8-11,14-17,20-23,26-29,32,34,38,40,82,86H,6-7,12-13,18-19,24-25,30-31,33,35-37,39,41-81H2,1-5H3/b10-8-,11-9-,16-14-,17-15-,22-20-,23-21-,28-26-,29-27-,34-32-,40-38-. The van der Waals surface area contributed by atoms with Crippen LogP contribution in [0.15, 0.2) is 122 Å². The van der Waals surface area contributed by atoms with E-state index in [-0.39, 0.29) is 32.2 Å². The molecule has 0 heterocycles. The van der Waals surface area contributed by atoms with E-state index >= 15 is 0 Å². The van der Waals surface area contributed by atoms with Crippen LogP contribution in [0.4, 0.5) is 0 Å². The van der Waals surface area contributed by atoms with E-state index in [0.29, 0.717) is 23.9 Å². The van der Waals surface area contributed by atoms with Gasteiger partial charge >= 0.3 is 11.9 Å². The molecule has 0 aliphatic rings. The van der Waals surface area contributed by atoms with Crippen LogP contribution in [0.1, 0.15) is 348 Å². The fraction of sp³-hybridized carbons (Fsp3) is 0.733. The van der Waals surface area contributed by atoms with Gasteiger partial charge in [0.2, 0.25) is 0 Å². The van der Waals surface area contributed by atoms with Gasteiger partial charge in [0.05, 0.1) is 40.3 Å². The summed E-state index contributed by atoms with van der Waals surface area (Å²) in [5, 5.41) is 11.9. The number of unbranched alkanes of at least 4 members (excludes halogenated alkanes) is 38. The van der Waals surface area contributed by atoms with Crippen LogP contribution >= 0.6 is 0 Å². The quantitative estimate of drug-likeness (QED) is 0.0195. The molecule has 0 aromatic rings. The molecule has 0 fully saturated rings. The van der Waals surface area contributed by atoms with Gasteiger partial charge in [0.1, 0.15) is 13.2 Å². The van der Waals surface area contributed by atoms with Gasteiger partial charge in [0, 0.05) is 12.8 Å². The van der Waals surface area contributed by atoms with Crippen LogP contribution in [0.2, 0.25) is 0 Å². The topological polar surface area (TPSA) is 111 Å². The molecule has 0 saturated heterocycles. The zero-order valence-electron chi connectivity index (χ0n) is 62.5. The molecule has 0 rings (SSSR count). The number of carbonyl (C=O) groups excluding carboxylic acids is 3. The molecule has 2 atom stereocenters. The number of ether oxygens (including phenoxy) is 4. The van der Waals surface area contributed by atoms with Crippen molar-refractivity contribution >= 4 is 17.9 Å². The van der Waals surface area contributed by atoms with Crippen molar-refractivity contribution in [3.8, 4) is 0 Å². The first-order valence-electron chi connectivity index (χ1n) is 39.7. The monoisotopic (exact) mass is 1320 g/mol. The third kappa shape index (κ3) is 76.9. The van der Waals surface area contributed by atoms with Crippen molar-refractivity contribution in [3.05, 3.63) is 122 Å². The maximum absolute atomic E-state index is 13.0. The average molecular weight is 1330 g/mol. The van der Waals surface area contributed by atoms with Crippen LogP contribution in [0, 0.1) is 0 Å². The molecular weight excluding hydrogens is 1170 g/mol. The first-order chi connectivity index (χ1) is 46.6. The minimum absolute atomic E-state index is 0.146. The lowest BCUT2D eigenvalue weighted by atomic mass is 10.0. The van der Waals surface area contributed by atoms with E-state index in [1.54, 1.807) is 0 Å². The molecule has 0 saturated carbocycles. The first kappa shape index (κ1) is 90.7. The Morgan fingerprint density at radius 3 is 0.842 bits per heavy atom. The van der Waals surface area contributed by atoms with Gasteiger partial charge in [-0.1, -0.05) is 354 Å². The minimum Gasteiger partial charge on any atom is -0.545 e. The highest BCUT2D eigenvalue weighted by atomic mass is 16.7. The van der Waals surface area contributed by atoms with Crippen LogP contribution in [0.5, 0.6) is 0 Å². The molecule has 0 aliphatic carbocycles. The number of carboxylic acids is 1. The Labute approximate surface area is 587 Å². The smallest absolute Gasteiger partial charge is 0.306 e. The van der Waals surface area contributed by atoms with Crippen LogP contribution < -0.4 is 5.11 Å². The number of rotatable bonds is 73. The molecule has 0 aromatic carbocycles. The molecule has 0 radical (unpaired) electrons. The Morgan fingerprint density at radius 2 is 0.568 bits per heavy atom. The third-order valence-corrected chi connectivity index (χ3v) is 17.2. The Bertz CT molecular complexity index is 1980. The van der Waals surface area contributed by atoms with Crippen molar-refractivity contribution < 1.29 is 42.9 Å². The van der Waals surface area contributed by atoms with Crippen LogP contribution in [0.3, 0.4) is 0 Å². The van der Waals surface area contributed by atoms with Crippen LogP contribution in [-0.2, 0) is 33.3 Å². The fourth-order valence-corrected chi connectivity index (χ4v) is 11.2. The number of nitrogens with zero attached hydrogens (tertiary/aromatic N) is 1. The average Bonchev–Trinajstić information content (AvgIpc) is 3.75. The second kappa shape index (κ2) is 75.5. The lowest BCUT2D eigenvalue weighted by molar-refractivity contribution is -0.870. The summed E-state index contributed by atoms with van der Waals surface area (Å²) in [6.07, 6.45) is 105. The van der Waals surface area contributed by atoms with Crippen LogP contribution in [-0.4, -0.2) is 82.3 Å². The number of aliphatic carboxylic acids is 1. The molecule has 95 heavy (non-hydrogen) atoms. The second-order valence-corrected chi connectivity index (χ2v) is 27.6. The zero-order chi connectivity index (χ0) is 69.0. The van der Waals surface area contributed by atoms with E-state index in [1.165, 1.54) is 218 Å². The molecule has 0 bridgehead atoms. The number of carboxylic acid groups (broad SMARTS) is 1. The predicted octanol–water partition coefficient (Wildman–Crippen LogP) is 24.1. The summed E-state index contributed by atoms with van der Waals surface area (Å²) in [5.41, 5.74) is 0. The van der Waals surface area contributed by atoms with Crippen molar-refractivity contribution in [1.82, 2.24) is 0 Å². The van der Waals surface area contributed by atoms with Crippen molar-refractivity contribution in [2.24, 2.45) is 0 Å². The summed E-state index contributed by atoms with van der Waals surface area (Å²) in [6.45, 7) is 4.56. The largest absolute Gasteiger partial charge is 0.545 e. The van der Waals surface area contributed by atoms with Gasteiger partial charge in [-0.15, -0.1) is 0 Å². The molecule has 0 amide bonds. The van der Waals surface area contributed by atoms with Gasteiger partial charge in [0.15, 0.2) is 12.4 Å². The Hall–Kier alpha value is -4.31. The van der Waals surface area contributed by atoms with Gasteiger partial charge in [-0.25, -0.2) is 0 Å². The van der Waals surface area contributed by atoms with Crippen molar-refractivity contribution in [1.29, 1.82) is 0 Å². The molecular formula is C86H149NO8. The van der Waals surface area contributed by atoms with Crippen molar-refractivity contribution in [2.75, 3.05) is 47.5 Å². The molecule has 0 aliphatic heterocycles. The normalized spacial score (nSPS) is 13.3. The van der Waals surface area contributed by atoms with E-state index in [9.17, 15) is 19.5 Å². The zero-order valence-corrected chi connectivity index (χ0v) is 62.5. The molecule has 0 N–H and O–H groups in total. The number of hydrogen-bond donors (Lipinski definition) is 0. The highest BCUT2D eigenvalue weighted by Crippen LogP contribution is 2.19. The summed E-state index contributed by atoms with van der Waals surface area (Å²) in [6, 6.07) is 0. The van der Waals surface area contributed by atoms with Crippen molar-refractivity contribution in [2.45, 2.75) is 360 Å². The minimum atomic E-state index is -1.63. The maximum atomic E-state index is 13.0. The number of esters is 2. The molecule has 9 heteroatoms. The summed E-state index contributed by atoms with van der Waals surface area (Å²) in [5.74, 6) is -2.27. The molecule has 0 aromatic heterocycles. The summed E-state index contributed by atoms with van der Waals surface area (Å²) >= 11 is 0. The Morgan fingerprint density at radius 1 is 0.316 bits per heavy atom. The van der Waals surface area contributed by atoms with Crippen LogP contribution in [0.25, 0.3) is 0 Å². The van der Waals surface area contributed by atoms with E-state index in [4.69, 9.17) is 18.9 Å². The molecule has 546 valence electrons. The highest BCUT2D eigenvalue weighted by molar-refractivity contribution is 5.70. The van der Waals surface area contributed by atoms with Gasteiger partial charge in [-0.05, 0) is 103 Å². The number of allylic oxidation sites excluding steroid dienone is 20. The number of carbonyl (C=O) groups is 3. The molecule has 9 nitrogen and oxygen atoms in total. The van der Waals surface area contributed by atoms with Gasteiger partial charge in [0.25, 0.3) is 0 Å². The van der Waals surface area contributed by atoms with Gasteiger partial charge < -0.3 is 33.3 Å². The number of quaternary nitrogens is 1. The Balaban J connectivity index is 4.01. The number of hydrogen-bond acceptors (Lipinski definition) is 8. The fourth-order valence-electron chi connectivity index (χ4n) is 11.2. The lowest BCUT2D eigenvalue weighted by Gasteiger charge is -2.26. The summed E-state index contributed by atoms with van der Waals surface area (Å²) in [7, 11) is 5.94. The SMILES string of the molecule is CC/C=C\C/C=C\C/C=C\C/C=C\C/C=C\C/C=C\CCCCCCCCCCCCCCCCCCCCC(=O)OC(COC(=O)CCCCCCCCCCCCCCCCCCCCCC/C=C\C/C=C\C/C=C\C/C=C\CC)COC(OCC[N+](C)(C)C)C(=O)[O-]. The maximum Gasteiger partial charge on any atom is 0.306 e. The van der Waals surface area contributed by atoms with E-state index in [0.717, 1.165) is 96.3 Å². The predicted molar refractivity (Wildman–Crippen MR) is 407 cm³/mol. The van der Waals surface area contributed by atoms with E-state index < -0.39 is 24.3 Å². The summed E-state index contributed by atoms with van der Waals surface area (Å²) < 4.78 is 22.9. The first-order valence-corrected chi connectivity index (χ1v) is 39.7. The summed E-state index contributed by atoms with van der Waals surface area (Å²) in [4.78, 5) is 37.6. The van der Waals surface area contributed by atoms with Crippen molar-refractivity contribution in [3.63, 3.8) is 0 Å². The van der Waals surface area contributed by atoms with E-state index in [1.807, 2.05) is 21.1 Å². The van der Waals surface area contributed by atoms with E-state index in [2.05, 4.69) is 135 Å². The van der Waals surface area contributed by atoms with Gasteiger partial charge in [-0.3, -0.25) is 9.59 Å². The Kier molecular flexibility index (Phi) is 72.0. The molecule has 0 spiro atoms.